The lowest BCUT2D eigenvalue weighted by atomic mass is 10.7. The molecule has 0 amide bonds. The van der Waals surface area contributed by atoms with Crippen molar-refractivity contribution in [2.45, 2.75) is 0 Å². The molecule has 1 aromatic heterocycles. The maximum Gasteiger partial charge on any atom is 0.238 e. The molecule has 1 heterocycles. The summed E-state index contributed by atoms with van der Waals surface area (Å²) in [6.45, 7) is 0. The fourth-order valence-electron chi connectivity index (χ4n) is 0.658. The van der Waals surface area contributed by atoms with Crippen molar-refractivity contribution >= 4 is 22.2 Å². The summed E-state index contributed by atoms with van der Waals surface area (Å²) in [5.41, 5.74) is 5.01. The second-order valence-electron chi connectivity index (χ2n) is 2.06. The molecule has 0 radical (unpaired) electrons. The molecule has 0 bridgehead atoms. The summed E-state index contributed by atoms with van der Waals surface area (Å²) in [5, 5.41) is 9.18. The summed E-state index contributed by atoms with van der Waals surface area (Å²) >= 11 is 0. The zero-order valence-corrected chi connectivity index (χ0v) is 7.22. The molecule has 0 aliphatic heterocycles. The van der Waals surface area contributed by atoms with Crippen LogP contribution < -0.4 is 11.1 Å². The van der Waals surface area contributed by atoms with Crippen LogP contribution in [0.3, 0.4) is 0 Å². The van der Waals surface area contributed by atoms with Crippen molar-refractivity contribution in [1.82, 2.24) is 9.97 Å². The lowest BCUT2D eigenvalue weighted by Crippen LogP contribution is -2.21. The number of hydrogen-bond acceptors (Lipinski definition) is 4. The monoisotopic (exact) mass is 201 g/mol. The Labute approximate surface area is 74.7 Å². The van der Waals surface area contributed by atoms with Crippen LogP contribution in [0, 0.1) is 10.0 Å². The molecule has 0 unspecified atom stereocenters. The number of hydrogen-bond donors (Lipinski definition) is 4. The number of anilines is 1. The second kappa shape index (κ2) is 3.72. The molecule has 0 aliphatic carbocycles. The molecule has 0 saturated carbocycles. The Bertz CT molecular complexity index is 480. The van der Waals surface area contributed by atoms with Crippen molar-refractivity contribution in [2.24, 2.45) is 5.73 Å². The van der Waals surface area contributed by atoms with Crippen LogP contribution in [0.1, 0.15) is 0 Å². The highest BCUT2D eigenvalue weighted by atomic mass is 32.2. The summed E-state index contributed by atoms with van der Waals surface area (Å²) in [4.78, 5) is 6.12. The van der Waals surface area contributed by atoms with Crippen molar-refractivity contribution in [1.29, 1.82) is 5.41 Å². The van der Waals surface area contributed by atoms with Crippen LogP contribution in [0.2, 0.25) is 0 Å². The van der Waals surface area contributed by atoms with Gasteiger partial charge >= 0.3 is 0 Å². The standard InChI is InChI=1S/C5H7N5O2S/c6-4(7)10-5-8-2-1-3(9-5)13(11)12/h1-2H,(H5,6,7,8,9,10). The molecule has 13 heavy (non-hydrogen) atoms. The number of rotatable bonds is 1. The number of aromatic nitrogens is 2. The molecule has 1 rings (SSSR count). The third-order valence-electron chi connectivity index (χ3n) is 1.10. The normalized spacial score (nSPS) is 9.23. The number of H-pyrrole nitrogens is 1. The Morgan fingerprint density at radius 2 is 2.38 bits per heavy atom. The minimum atomic E-state index is -2.35. The largest absolute Gasteiger partial charge is 0.370 e. The van der Waals surface area contributed by atoms with Gasteiger partial charge in [0.2, 0.25) is 16.2 Å². The van der Waals surface area contributed by atoms with Crippen molar-refractivity contribution in [2.75, 3.05) is 5.32 Å². The third kappa shape index (κ3) is 2.60. The Balaban J connectivity index is 3.22. The van der Waals surface area contributed by atoms with E-state index in [1.54, 1.807) is 0 Å². The maximum atomic E-state index is 10.5. The fourth-order valence-corrected chi connectivity index (χ4v) is 1.01. The van der Waals surface area contributed by atoms with Gasteiger partial charge in [-0.25, -0.2) is 4.98 Å². The van der Waals surface area contributed by atoms with Gasteiger partial charge in [-0.1, -0.05) is 0 Å². The summed E-state index contributed by atoms with van der Waals surface area (Å²) < 4.78 is 20.9. The smallest absolute Gasteiger partial charge is 0.238 e. The maximum absolute atomic E-state index is 10.5. The van der Waals surface area contributed by atoms with E-state index in [0.717, 1.165) is 0 Å². The number of guanidine groups is 1. The van der Waals surface area contributed by atoms with Crippen molar-refractivity contribution in [3.05, 3.63) is 16.9 Å². The van der Waals surface area contributed by atoms with E-state index in [1.807, 2.05) is 0 Å². The summed E-state index contributed by atoms with van der Waals surface area (Å²) in [6, 6.07) is 1.29. The average Bonchev–Trinajstić information content (AvgIpc) is 2.03. The van der Waals surface area contributed by atoms with Gasteiger partial charge in [-0.05, 0) is 6.07 Å². The van der Waals surface area contributed by atoms with Crippen molar-refractivity contribution < 1.29 is 8.42 Å². The van der Waals surface area contributed by atoms with Gasteiger partial charge < -0.3 is 10.7 Å². The molecule has 0 spiro atoms. The Hall–Kier alpha value is -1.83. The molecular weight excluding hydrogens is 194 g/mol. The first-order valence-corrected chi connectivity index (χ1v) is 4.25. The summed E-state index contributed by atoms with van der Waals surface area (Å²) in [6.07, 6.45) is 1.28. The van der Waals surface area contributed by atoms with Gasteiger partial charge in [0.1, 0.15) is 0 Å². The van der Waals surface area contributed by atoms with Gasteiger partial charge in [-0.3, -0.25) is 10.7 Å². The van der Waals surface area contributed by atoms with E-state index in [1.165, 1.54) is 12.3 Å². The van der Waals surface area contributed by atoms with E-state index in [2.05, 4.69) is 15.3 Å². The molecule has 8 heteroatoms. The van der Waals surface area contributed by atoms with E-state index in [4.69, 9.17) is 11.1 Å². The highest BCUT2D eigenvalue weighted by molar-refractivity contribution is 7.63. The van der Waals surface area contributed by atoms with Crippen LogP contribution in [0.5, 0.6) is 0 Å². The first-order chi connectivity index (χ1) is 6.09. The molecule has 0 aromatic carbocycles. The van der Waals surface area contributed by atoms with Gasteiger partial charge in [0.25, 0.3) is 0 Å². The molecule has 7 nitrogen and oxygen atoms in total. The van der Waals surface area contributed by atoms with Crippen molar-refractivity contribution in [3.63, 3.8) is 0 Å². The lowest BCUT2D eigenvalue weighted by Gasteiger charge is -1.99. The summed E-state index contributed by atoms with van der Waals surface area (Å²) in [7, 11) is -2.35. The zero-order valence-electron chi connectivity index (χ0n) is 6.40. The fraction of sp³-hybridized carbons (Fsp3) is 0. The minimum absolute atomic E-state index is 0.0289. The first kappa shape index (κ1) is 9.26. The Kier molecular flexibility index (Phi) is 2.65. The van der Waals surface area contributed by atoms with Crippen LogP contribution in [0.25, 0.3) is 0 Å². The molecule has 5 N–H and O–H groups in total. The average molecular weight is 201 g/mol. The van der Waals surface area contributed by atoms with Crippen LogP contribution in [-0.4, -0.2) is 24.3 Å². The Morgan fingerprint density at radius 3 is 2.92 bits per heavy atom. The van der Waals surface area contributed by atoms with E-state index >= 15 is 0 Å². The predicted octanol–water partition coefficient (Wildman–Crippen LogP) is -0.874. The summed E-state index contributed by atoms with van der Waals surface area (Å²) in [5.74, 6) is -0.216. The van der Waals surface area contributed by atoms with Gasteiger partial charge in [0.15, 0.2) is 10.6 Å². The Morgan fingerprint density at radius 1 is 1.69 bits per heavy atom. The van der Waals surface area contributed by atoms with Crippen LogP contribution >= 0.6 is 0 Å². The number of nitrogens with zero attached hydrogens (tertiary/aromatic N) is 1. The van der Waals surface area contributed by atoms with Gasteiger partial charge in [0.05, 0.1) is 0 Å². The molecular formula is C5H7N5O2S. The molecule has 0 saturated heterocycles. The molecule has 0 fully saturated rings. The van der Waals surface area contributed by atoms with Gasteiger partial charge in [-0.2, -0.15) is 8.42 Å². The molecule has 70 valence electrons. The quantitative estimate of drug-likeness (QED) is 0.267. The molecule has 0 aliphatic rings. The third-order valence-corrected chi connectivity index (χ3v) is 1.70. The molecule has 1 aromatic rings. The van der Waals surface area contributed by atoms with Crippen molar-refractivity contribution in [3.8, 4) is 0 Å². The number of nitrogens with two attached hydrogens (primary N) is 1. The van der Waals surface area contributed by atoms with E-state index in [0.29, 0.717) is 0 Å². The lowest BCUT2D eigenvalue weighted by molar-refractivity contribution is 0.624. The predicted molar refractivity (Wildman–Crippen MR) is 46.3 cm³/mol. The number of aromatic amines is 1. The zero-order chi connectivity index (χ0) is 9.84. The topological polar surface area (TPSA) is 125 Å². The molecule has 0 atom stereocenters. The highest BCUT2D eigenvalue weighted by Crippen LogP contribution is 1.93. The van der Waals surface area contributed by atoms with Gasteiger partial charge in [-0.15, -0.1) is 0 Å². The first-order valence-electron chi connectivity index (χ1n) is 3.18. The van der Waals surface area contributed by atoms with E-state index < -0.39 is 10.3 Å². The number of nitrogens with one attached hydrogen (secondary N) is 3. The highest BCUT2D eigenvalue weighted by Gasteiger charge is 1.93. The van der Waals surface area contributed by atoms with Crippen LogP contribution in [0.15, 0.2) is 12.3 Å². The second-order valence-corrected chi connectivity index (χ2v) is 2.97. The minimum Gasteiger partial charge on any atom is -0.370 e. The van der Waals surface area contributed by atoms with Crippen LogP contribution in [0.4, 0.5) is 5.95 Å². The van der Waals surface area contributed by atoms with Gasteiger partial charge in [0, 0.05) is 6.20 Å². The van der Waals surface area contributed by atoms with E-state index in [9.17, 15) is 8.42 Å². The van der Waals surface area contributed by atoms with E-state index in [-0.39, 0.29) is 16.5 Å². The van der Waals surface area contributed by atoms with Crippen LogP contribution in [-0.2, 0) is 10.3 Å². The SMILES string of the molecule is N=C(N)Nc1nccc(=S(=O)=O)[nH]1.